The van der Waals surface area contributed by atoms with Crippen molar-refractivity contribution in [3.63, 3.8) is 0 Å². The average Bonchev–Trinajstić information content (AvgIpc) is 2.82. The Hall–Kier alpha value is -2.57. The maximum Gasteiger partial charge on any atom is 0.240 e. The van der Waals surface area contributed by atoms with Crippen LogP contribution in [0.1, 0.15) is 44.2 Å². The zero-order valence-electron chi connectivity index (χ0n) is 20.0. The van der Waals surface area contributed by atoms with Gasteiger partial charge in [-0.1, -0.05) is 55.8 Å². The molecule has 0 spiro atoms. The predicted molar refractivity (Wildman–Crippen MR) is 136 cm³/mol. The highest BCUT2D eigenvalue weighted by Crippen LogP contribution is 2.34. The van der Waals surface area contributed by atoms with E-state index in [4.69, 9.17) is 4.74 Å². The number of anilines is 1. The second kappa shape index (κ2) is 9.35. The third-order valence-corrected chi connectivity index (χ3v) is 8.03. The lowest BCUT2D eigenvalue weighted by Gasteiger charge is -2.30. The van der Waals surface area contributed by atoms with Crippen molar-refractivity contribution in [1.82, 2.24) is 4.72 Å². The lowest BCUT2D eigenvalue weighted by atomic mass is 9.81. The molecule has 0 aromatic heterocycles. The largest absolute Gasteiger partial charge is 0.495 e. The molecule has 0 aliphatic carbocycles. The molecule has 1 N–H and O–H groups in total. The maximum absolute atomic E-state index is 13.3. The number of fused-ring (bicyclic) bond motifs is 1. The maximum atomic E-state index is 13.3. The van der Waals surface area contributed by atoms with E-state index in [9.17, 15) is 8.42 Å². The highest BCUT2D eigenvalue weighted by Gasteiger charge is 2.27. The van der Waals surface area contributed by atoms with E-state index < -0.39 is 10.0 Å². The van der Waals surface area contributed by atoms with E-state index in [1.807, 2.05) is 6.07 Å². The van der Waals surface area contributed by atoms with Crippen LogP contribution in [0.15, 0.2) is 59.5 Å². The quantitative estimate of drug-likeness (QED) is 0.506. The monoisotopic (exact) mass is 466 g/mol. The van der Waals surface area contributed by atoms with Crippen LogP contribution < -0.4 is 14.4 Å². The molecule has 33 heavy (non-hydrogen) atoms. The molecule has 0 unspecified atom stereocenters. The van der Waals surface area contributed by atoms with Gasteiger partial charge in [-0.05, 0) is 60.7 Å². The van der Waals surface area contributed by atoms with Gasteiger partial charge in [0, 0.05) is 25.0 Å². The molecule has 0 saturated carbocycles. The van der Waals surface area contributed by atoms with Crippen LogP contribution in [0, 0.1) is 6.92 Å². The number of nitrogens with zero attached hydrogens (tertiary/aromatic N) is 1. The third kappa shape index (κ3) is 5.02. The van der Waals surface area contributed by atoms with Crippen LogP contribution in [0.2, 0.25) is 0 Å². The van der Waals surface area contributed by atoms with Crippen molar-refractivity contribution in [2.24, 2.45) is 0 Å². The second-order valence-electron chi connectivity index (χ2n) is 9.62. The molecule has 6 heteroatoms. The Morgan fingerprint density at radius 3 is 2.48 bits per heavy atom. The van der Waals surface area contributed by atoms with Gasteiger partial charge in [0.2, 0.25) is 10.0 Å². The van der Waals surface area contributed by atoms with E-state index in [-0.39, 0.29) is 10.3 Å². The Balaban J connectivity index is 1.60. The summed E-state index contributed by atoms with van der Waals surface area (Å²) in [6, 6.07) is 17.8. The molecule has 0 amide bonds. The molecule has 1 aliphatic rings. The summed E-state index contributed by atoms with van der Waals surface area (Å²) >= 11 is 0. The van der Waals surface area contributed by atoms with Crippen LogP contribution in [-0.2, 0) is 15.4 Å². The molecule has 3 aromatic carbocycles. The van der Waals surface area contributed by atoms with Gasteiger partial charge in [0.1, 0.15) is 5.75 Å². The predicted octanol–water partition coefficient (Wildman–Crippen LogP) is 5.40. The Labute approximate surface area is 197 Å². The van der Waals surface area contributed by atoms with E-state index in [2.05, 4.69) is 60.7 Å². The first-order valence-corrected chi connectivity index (χ1v) is 13.1. The molecule has 1 fully saturated rings. The second-order valence-corrected chi connectivity index (χ2v) is 11.4. The Morgan fingerprint density at radius 1 is 1.00 bits per heavy atom. The van der Waals surface area contributed by atoms with E-state index in [0.717, 1.165) is 42.6 Å². The highest BCUT2D eigenvalue weighted by atomic mass is 32.2. The number of ether oxygens (including phenoxy) is 1. The van der Waals surface area contributed by atoms with Gasteiger partial charge < -0.3 is 9.64 Å². The molecule has 0 bridgehead atoms. The number of sulfonamides is 1. The van der Waals surface area contributed by atoms with Crippen molar-refractivity contribution in [2.45, 2.75) is 50.3 Å². The molecular formula is C27H34N2O3S. The van der Waals surface area contributed by atoms with Gasteiger partial charge in [-0.25, -0.2) is 13.1 Å². The SMILES string of the molecule is COc1ccc(S(=O)(=O)NCC(C)(C)c2cccc3ccc(C)cc23)cc1N1CCCCC1. The molecule has 1 saturated heterocycles. The van der Waals surface area contributed by atoms with Crippen molar-refractivity contribution >= 4 is 26.5 Å². The Kier molecular flexibility index (Phi) is 6.68. The number of methoxy groups -OCH3 is 1. The standard InChI is InChI=1S/C27H34N2O3S/c1-20-11-12-21-9-8-10-24(23(21)17-20)27(2,3)19-28-33(30,31)22-13-14-26(32-4)25(18-22)29-15-6-5-7-16-29/h8-14,17-18,28H,5-7,15-16,19H2,1-4H3. The topological polar surface area (TPSA) is 58.6 Å². The first kappa shape index (κ1) is 23.6. The van der Waals surface area contributed by atoms with Crippen molar-refractivity contribution in [1.29, 1.82) is 0 Å². The first-order chi connectivity index (χ1) is 15.7. The number of aryl methyl sites for hydroxylation is 1. The van der Waals surface area contributed by atoms with Crippen molar-refractivity contribution in [3.05, 3.63) is 65.7 Å². The summed E-state index contributed by atoms with van der Waals surface area (Å²) in [6.07, 6.45) is 3.43. The van der Waals surface area contributed by atoms with Gasteiger partial charge in [0.05, 0.1) is 17.7 Å². The normalized spacial score (nSPS) is 15.1. The number of hydrogen-bond acceptors (Lipinski definition) is 4. The summed E-state index contributed by atoms with van der Waals surface area (Å²) in [5.41, 5.74) is 2.79. The van der Waals surface area contributed by atoms with Crippen LogP contribution in [0.5, 0.6) is 5.75 Å². The fourth-order valence-corrected chi connectivity index (χ4v) is 5.88. The molecule has 1 aliphatic heterocycles. The average molecular weight is 467 g/mol. The van der Waals surface area contributed by atoms with E-state index >= 15 is 0 Å². The lowest BCUT2D eigenvalue weighted by molar-refractivity contribution is 0.412. The van der Waals surface area contributed by atoms with E-state index in [1.165, 1.54) is 17.4 Å². The van der Waals surface area contributed by atoms with Gasteiger partial charge >= 0.3 is 0 Å². The summed E-state index contributed by atoms with van der Waals surface area (Å²) in [5, 5.41) is 2.33. The molecule has 3 aromatic rings. The number of hydrogen-bond donors (Lipinski definition) is 1. The summed E-state index contributed by atoms with van der Waals surface area (Å²) in [7, 11) is -2.05. The van der Waals surface area contributed by atoms with Crippen molar-refractivity contribution < 1.29 is 13.2 Å². The molecule has 1 heterocycles. The fourth-order valence-electron chi connectivity index (χ4n) is 4.65. The zero-order chi connectivity index (χ0) is 23.6. The van der Waals surface area contributed by atoms with Crippen LogP contribution in [0.25, 0.3) is 10.8 Å². The fraction of sp³-hybridized carbons (Fsp3) is 0.407. The van der Waals surface area contributed by atoms with E-state index in [1.54, 1.807) is 25.3 Å². The number of benzene rings is 3. The summed E-state index contributed by atoms with van der Waals surface area (Å²) in [6.45, 7) is 8.38. The van der Waals surface area contributed by atoms with Gasteiger partial charge in [0.15, 0.2) is 0 Å². The van der Waals surface area contributed by atoms with Crippen molar-refractivity contribution in [2.75, 3.05) is 31.6 Å². The van der Waals surface area contributed by atoms with Gasteiger partial charge in [-0.3, -0.25) is 0 Å². The van der Waals surface area contributed by atoms with Crippen molar-refractivity contribution in [3.8, 4) is 5.75 Å². The zero-order valence-corrected chi connectivity index (χ0v) is 20.8. The van der Waals surface area contributed by atoms with E-state index in [0.29, 0.717) is 12.3 Å². The lowest BCUT2D eigenvalue weighted by Crippen LogP contribution is -2.37. The number of rotatable bonds is 7. The minimum absolute atomic E-state index is 0.272. The van der Waals surface area contributed by atoms with Gasteiger partial charge in [-0.2, -0.15) is 0 Å². The number of nitrogens with one attached hydrogen (secondary N) is 1. The van der Waals surface area contributed by atoms with Crippen LogP contribution >= 0.6 is 0 Å². The summed E-state index contributed by atoms with van der Waals surface area (Å²) in [5.74, 6) is 0.710. The molecular weight excluding hydrogens is 432 g/mol. The number of piperidine rings is 1. The Bertz CT molecular complexity index is 1250. The van der Waals surface area contributed by atoms with Gasteiger partial charge in [0.25, 0.3) is 0 Å². The third-order valence-electron chi connectivity index (χ3n) is 6.63. The molecule has 4 rings (SSSR count). The smallest absolute Gasteiger partial charge is 0.240 e. The first-order valence-electron chi connectivity index (χ1n) is 11.6. The molecule has 0 radical (unpaired) electrons. The van der Waals surface area contributed by atoms with Crippen LogP contribution in [-0.4, -0.2) is 35.2 Å². The minimum atomic E-state index is -3.68. The highest BCUT2D eigenvalue weighted by molar-refractivity contribution is 7.89. The summed E-state index contributed by atoms with van der Waals surface area (Å²) in [4.78, 5) is 2.50. The molecule has 176 valence electrons. The van der Waals surface area contributed by atoms with Gasteiger partial charge in [-0.15, -0.1) is 0 Å². The van der Waals surface area contributed by atoms with Crippen LogP contribution in [0.3, 0.4) is 0 Å². The van der Waals surface area contributed by atoms with Crippen LogP contribution in [0.4, 0.5) is 5.69 Å². The Morgan fingerprint density at radius 2 is 1.76 bits per heavy atom. The molecule has 0 atom stereocenters. The minimum Gasteiger partial charge on any atom is -0.495 e. The summed E-state index contributed by atoms with van der Waals surface area (Å²) < 4.78 is 35.0. The molecule has 5 nitrogen and oxygen atoms in total.